The van der Waals surface area contributed by atoms with Gasteiger partial charge in [-0.3, -0.25) is 0 Å². The molecule has 25 heavy (non-hydrogen) atoms. The maximum absolute atomic E-state index is 9.76. The van der Waals surface area contributed by atoms with Gasteiger partial charge in [0.2, 0.25) is 6.29 Å². The predicted molar refractivity (Wildman–Crippen MR) is 93.6 cm³/mol. The van der Waals surface area contributed by atoms with Crippen molar-refractivity contribution in [3.8, 4) is 0 Å². The molecule has 9 heteroatoms. The minimum atomic E-state index is -0.767. The summed E-state index contributed by atoms with van der Waals surface area (Å²) in [6.07, 6.45) is -3.14. The highest BCUT2D eigenvalue weighted by Gasteiger charge is 2.54. The first kappa shape index (κ1) is 19.7. The van der Waals surface area contributed by atoms with E-state index in [9.17, 15) is 10.2 Å². The molecule has 4 heterocycles. The van der Waals surface area contributed by atoms with Crippen LogP contribution in [0.2, 0.25) is 0 Å². The Morgan fingerprint density at radius 2 is 1.52 bits per heavy atom. The summed E-state index contributed by atoms with van der Waals surface area (Å²) in [5, 5.41) is 19.2. The molecule has 8 nitrogen and oxygen atoms in total. The van der Waals surface area contributed by atoms with Gasteiger partial charge in [0.1, 0.15) is 24.1 Å². The van der Waals surface area contributed by atoms with Gasteiger partial charge in [-0.1, -0.05) is 29.2 Å². The lowest BCUT2D eigenvalue weighted by Gasteiger charge is -2.21. The van der Waals surface area contributed by atoms with Crippen LogP contribution in [0.5, 0.6) is 0 Å². The Kier molecular flexibility index (Phi) is 5.42. The van der Waals surface area contributed by atoms with Gasteiger partial charge in [-0.05, 0) is 27.7 Å². The number of hydrogen-bond donors (Lipinski definition) is 2. The third kappa shape index (κ3) is 3.98. The fourth-order valence-electron chi connectivity index (χ4n) is 3.15. The monoisotopic (exact) mass is 472 g/mol. The summed E-state index contributed by atoms with van der Waals surface area (Å²) >= 11 is 2.18. The van der Waals surface area contributed by atoms with Gasteiger partial charge < -0.3 is 38.6 Å². The highest BCUT2D eigenvalue weighted by atomic mass is 127. The Hall–Kier alpha value is -0.0100. The molecule has 7 atom stereocenters. The summed E-state index contributed by atoms with van der Waals surface area (Å²) in [4.78, 5) is 0. The number of hydrogen-bond acceptors (Lipinski definition) is 8. The summed E-state index contributed by atoms with van der Waals surface area (Å²) in [6, 6.07) is 0. The van der Waals surface area contributed by atoms with Crippen LogP contribution in [0.1, 0.15) is 27.7 Å². The number of alkyl halides is 1. The van der Waals surface area contributed by atoms with Gasteiger partial charge in [0.15, 0.2) is 24.0 Å². The molecule has 0 amide bonds. The molecule has 0 spiro atoms. The molecule has 144 valence electrons. The maximum atomic E-state index is 9.76. The summed E-state index contributed by atoms with van der Waals surface area (Å²) < 4.78 is 33.1. The van der Waals surface area contributed by atoms with Crippen LogP contribution in [0.4, 0.5) is 0 Å². The van der Waals surface area contributed by atoms with E-state index in [1.165, 1.54) is 0 Å². The number of aliphatic hydroxyl groups is 2. The molecule has 0 aromatic carbocycles. The lowest BCUT2D eigenvalue weighted by Crippen LogP contribution is -2.35. The average Bonchev–Trinajstić information content (AvgIpc) is 3.13. The Bertz CT molecular complexity index is 524. The fraction of sp³-hybridized carbons (Fsp3) is 0.875. The van der Waals surface area contributed by atoms with Crippen molar-refractivity contribution in [2.75, 3.05) is 4.43 Å². The van der Waals surface area contributed by atoms with E-state index in [-0.39, 0.29) is 12.2 Å². The van der Waals surface area contributed by atoms with Crippen LogP contribution in [0.15, 0.2) is 12.3 Å². The number of fused-ring (bicyclic) bond motifs is 2. The average molecular weight is 472 g/mol. The van der Waals surface area contributed by atoms with Gasteiger partial charge in [0.05, 0.1) is 6.10 Å². The van der Waals surface area contributed by atoms with Gasteiger partial charge in [-0.15, -0.1) is 0 Å². The smallest absolute Gasteiger partial charge is 0.231 e. The second-order valence-corrected chi connectivity index (χ2v) is 8.17. The van der Waals surface area contributed by atoms with Crippen molar-refractivity contribution in [1.82, 2.24) is 0 Å². The molecule has 0 aliphatic carbocycles. The Labute approximate surface area is 160 Å². The van der Waals surface area contributed by atoms with Crippen molar-refractivity contribution in [3.63, 3.8) is 0 Å². The summed E-state index contributed by atoms with van der Waals surface area (Å²) in [5.74, 6) is -0.982. The maximum Gasteiger partial charge on any atom is 0.231 e. The molecule has 0 radical (unpaired) electrons. The van der Waals surface area contributed by atoms with Gasteiger partial charge in [0, 0.05) is 4.43 Å². The van der Waals surface area contributed by atoms with Crippen LogP contribution in [0.3, 0.4) is 0 Å². The minimum absolute atomic E-state index is 0.160. The molecule has 2 N–H and O–H groups in total. The van der Waals surface area contributed by atoms with Gasteiger partial charge in [-0.2, -0.15) is 0 Å². The zero-order chi connectivity index (χ0) is 18.6. The zero-order valence-electron chi connectivity index (χ0n) is 14.7. The topological polar surface area (TPSA) is 95.8 Å². The molecular weight excluding hydrogens is 447 g/mol. The Balaban J connectivity index is 0.000000146. The SMILES string of the molecule is C=C1O[C@@H]2OC(C)(C)OC2[C@H]1O.CC1(C)OC2[C@H](O[C@H](CI)[C@@H]2O)O1. The molecule has 0 saturated carbocycles. The number of aliphatic hydroxyl groups excluding tert-OH is 2. The van der Waals surface area contributed by atoms with Crippen molar-refractivity contribution in [1.29, 1.82) is 0 Å². The largest absolute Gasteiger partial charge is 0.464 e. The van der Waals surface area contributed by atoms with E-state index in [0.29, 0.717) is 5.76 Å². The van der Waals surface area contributed by atoms with Crippen molar-refractivity contribution in [3.05, 3.63) is 12.3 Å². The third-order valence-corrected chi connectivity index (χ3v) is 5.13. The molecular formula is C16H25IO8. The minimum Gasteiger partial charge on any atom is -0.464 e. The summed E-state index contributed by atoms with van der Waals surface area (Å²) in [7, 11) is 0. The molecule has 4 saturated heterocycles. The van der Waals surface area contributed by atoms with E-state index in [1.807, 2.05) is 13.8 Å². The van der Waals surface area contributed by atoms with Crippen molar-refractivity contribution in [2.45, 2.75) is 82.4 Å². The van der Waals surface area contributed by atoms with E-state index in [0.717, 1.165) is 4.43 Å². The Morgan fingerprint density at radius 3 is 2.04 bits per heavy atom. The van der Waals surface area contributed by atoms with Crippen molar-refractivity contribution >= 4 is 22.6 Å². The van der Waals surface area contributed by atoms with Crippen LogP contribution in [0.25, 0.3) is 0 Å². The number of ether oxygens (including phenoxy) is 6. The highest BCUT2D eigenvalue weighted by Crippen LogP contribution is 2.38. The summed E-state index contributed by atoms with van der Waals surface area (Å²) in [5.41, 5.74) is 0. The molecule has 2 unspecified atom stereocenters. The van der Waals surface area contributed by atoms with Gasteiger partial charge >= 0.3 is 0 Å². The van der Waals surface area contributed by atoms with E-state index in [1.54, 1.807) is 13.8 Å². The molecule has 0 aromatic heterocycles. The molecule has 0 aromatic rings. The van der Waals surface area contributed by atoms with Crippen molar-refractivity contribution < 1.29 is 38.6 Å². The van der Waals surface area contributed by atoms with Crippen LogP contribution in [-0.2, 0) is 28.4 Å². The fourth-order valence-corrected chi connectivity index (χ4v) is 3.88. The first-order valence-electron chi connectivity index (χ1n) is 8.17. The molecule has 4 aliphatic rings. The Morgan fingerprint density at radius 1 is 0.960 bits per heavy atom. The van der Waals surface area contributed by atoms with Crippen molar-refractivity contribution in [2.24, 2.45) is 0 Å². The highest BCUT2D eigenvalue weighted by molar-refractivity contribution is 14.1. The first-order valence-corrected chi connectivity index (χ1v) is 9.70. The number of halogens is 1. The molecule has 4 rings (SSSR count). The first-order chi connectivity index (χ1) is 11.5. The number of rotatable bonds is 1. The van der Waals surface area contributed by atoms with Crippen LogP contribution < -0.4 is 0 Å². The zero-order valence-corrected chi connectivity index (χ0v) is 16.8. The standard InChI is InChI=1S/C8H13IO4.C8H12O4/c1-8(2)12-6-5(10)4(3-9)11-7(6)13-8;1-4-5(9)6-7(10-4)12-8(2,3)11-6/h4-7,10H,3H2,1-2H3;5-7,9H,1H2,2-3H3/t4-,5+,6?,7-;5-,6?,7+/m10/s1. The summed E-state index contributed by atoms with van der Waals surface area (Å²) in [6.45, 7) is 10.7. The van der Waals surface area contributed by atoms with Crippen LogP contribution in [-0.4, -0.2) is 69.3 Å². The molecule has 4 fully saturated rings. The van der Waals surface area contributed by atoms with Gasteiger partial charge in [0.25, 0.3) is 0 Å². The van der Waals surface area contributed by atoms with Gasteiger partial charge in [-0.25, -0.2) is 0 Å². The van der Waals surface area contributed by atoms with Crippen LogP contribution in [0, 0.1) is 0 Å². The van der Waals surface area contributed by atoms with E-state index >= 15 is 0 Å². The lowest BCUT2D eigenvalue weighted by atomic mass is 10.2. The van der Waals surface area contributed by atoms with E-state index < -0.39 is 42.5 Å². The quantitative estimate of drug-likeness (QED) is 0.432. The van der Waals surface area contributed by atoms with E-state index in [2.05, 4.69) is 29.2 Å². The predicted octanol–water partition coefficient (Wildman–Crippen LogP) is 1.03. The third-order valence-electron chi connectivity index (χ3n) is 4.26. The van der Waals surface area contributed by atoms with Crippen LogP contribution >= 0.6 is 22.6 Å². The normalized spacial score (nSPS) is 46.2. The molecule has 0 bridgehead atoms. The van der Waals surface area contributed by atoms with E-state index in [4.69, 9.17) is 28.4 Å². The lowest BCUT2D eigenvalue weighted by molar-refractivity contribution is -0.211. The second kappa shape index (κ2) is 6.86. The second-order valence-electron chi connectivity index (χ2n) is 7.29. The molecule has 4 aliphatic heterocycles.